The number of nitrogens with zero attached hydrogens (tertiary/aromatic N) is 1. The number of nitrogens with one attached hydrogen (secondary N) is 2. The van der Waals surface area contributed by atoms with Crippen LogP contribution in [0.3, 0.4) is 0 Å². The Morgan fingerprint density at radius 3 is 2.81 bits per heavy atom. The second-order valence-electron chi connectivity index (χ2n) is 10.0. The molecule has 0 radical (unpaired) electrons. The SMILES string of the molecule is C=CC(=O)Nc1cccc(-c2nc(-c3ccc4c(c3)CCNC4)c3ccsc3c2-c2ccc(F)cc2OCCOC)c1. The van der Waals surface area contributed by atoms with Crippen molar-refractivity contribution in [2.45, 2.75) is 13.0 Å². The number of benzene rings is 3. The smallest absolute Gasteiger partial charge is 0.247 e. The van der Waals surface area contributed by atoms with Crippen molar-refractivity contribution in [3.8, 4) is 39.4 Å². The summed E-state index contributed by atoms with van der Waals surface area (Å²) in [4.78, 5) is 17.4. The van der Waals surface area contributed by atoms with Crippen molar-refractivity contribution in [2.75, 3.05) is 32.2 Å². The number of ether oxygens (including phenoxy) is 2. The molecule has 42 heavy (non-hydrogen) atoms. The molecule has 2 N–H and O–H groups in total. The summed E-state index contributed by atoms with van der Waals surface area (Å²) < 4.78 is 26.7. The summed E-state index contributed by atoms with van der Waals surface area (Å²) >= 11 is 1.61. The lowest BCUT2D eigenvalue weighted by atomic mass is 9.93. The van der Waals surface area contributed by atoms with E-state index in [1.54, 1.807) is 24.5 Å². The van der Waals surface area contributed by atoms with Crippen molar-refractivity contribution in [1.82, 2.24) is 10.3 Å². The van der Waals surface area contributed by atoms with Crippen molar-refractivity contribution in [2.24, 2.45) is 0 Å². The number of fused-ring (bicyclic) bond motifs is 2. The lowest BCUT2D eigenvalue weighted by molar-refractivity contribution is -0.111. The van der Waals surface area contributed by atoms with Crippen LogP contribution >= 0.6 is 11.3 Å². The number of methoxy groups -OCH3 is 1. The molecule has 0 aliphatic carbocycles. The molecule has 2 aromatic heterocycles. The van der Waals surface area contributed by atoms with E-state index < -0.39 is 5.82 Å². The topological polar surface area (TPSA) is 72.5 Å². The molecule has 3 heterocycles. The molecule has 0 spiro atoms. The van der Waals surface area contributed by atoms with E-state index in [4.69, 9.17) is 14.5 Å². The Bertz CT molecular complexity index is 1800. The van der Waals surface area contributed by atoms with Gasteiger partial charge in [0.1, 0.15) is 18.2 Å². The van der Waals surface area contributed by atoms with E-state index >= 15 is 0 Å². The van der Waals surface area contributed by atoms with Crippen LogP contribution in [0.4, 0.5) is 10.1 Å². The lowest BCUT2D eigenvalue weighted by Gasteiger charge is -2.20. The summed E-state index contributed by atoms with van der Waals surface area (Å²) in [6.07, 6.45) is 2.20. The van der Waals surface area contributed by atoms with Gasteiger partial charge in [0, 0.05) is 57.7 Å². The van der Waals surface area contributed by atoms with Gasteiger partial charge < -0.3 is 20.1 Å². The van der Waals surface area contributed by atoms with Gasteiger partial charge in [0.25, 0.3) is 0 Å². The Balaban J connectivity index is 1.60. The number of hydrogen-bond acceptors (Lipinski definition) is 6. The molecule has 0 atom stereocenters. The Kier molecular flexibility index (Phi) is 8.10. The molecule has 0 bridgehead atoms. The zero-order chi connectivity index (χ0) is 29.1. The number of carbonyl (C=O) groups is 1. The largest absolute Gasteiger partial charge is 0.490 e. The first-order valence-corrected chi connectivity index (χ1v) is 14.6. The number of aromatic nitrogens is 1. The van der Waals surface area contributed by atoms with Crippen LogP contribution in [0.2, 0.25) is 0 Å². The summed E-state index contributed by atoms with van der Waals surface area (Å²) in [5.74, 6) is -0.280. The van der Waals surface area contributed by atoms with E-state index in [-0.39, 0.29) is 12.5 Å². The molecule has 5 aromatic rings. The molecular formula is C34H30FN3O3S. The van der Waals surface area contributed by atoms with Crippen molar-refractivity contribution < 1.29 is 18.7 Å². The predicted octanol–water partition coefficient (Wildman–Crippen LogP) is 7.23. The Hall–Kier alpha value is -4.37. The molecule has 1 amide bonds. The first-order chi connectivity index (χ1) is 20.6. The first kappa shape index (κ1) is 27.8. The van der Waals surface area contributed by atoms with Crippen LogP contribution in [-0.2, 0) is 22.5 Å². The van der Waals surface area contributed by atoms with Gasteiger partial charge in [-0.25, -0.2) is 9.37 Å². The van der Waals surface area contributed by atoms with E-state index in [1.807, 2.05) is 24.3 Å². The molecule has 212 valence electrons. The van der Waals surface area contributed by atoms with Crippen LogP contribution < -0.4 is 15.4 Å². The molecule has 3 aromatic carbocycles. The fraction of sp³-hybridized carbons (Fsp3) is 0.176. The third-order valence-electron chi connectivity index (χ3n) is 7.32. The standard InChI is InChI=1S/C34H30FN3O3S/c1-3-30(39)37-26-6-4-5-22(18-26)33-31(27-10-9-25(35)19-29(27)41-15-14-40-2)34-28(12-16-42-34)32(38-33)23-7-8-24-20-36-13-11-21(24)17-23/h3-10,12,16-19,36H,1,11,13-15,20H2,2H3,(H,37,39). The monoisotopic (exact) mass is 579 g/mol. The fourth-order valence-corrected chi connectivity index (χ4v) is 6.28. The van der Waals surface area contributed by atoms with Crippen LogP contribution in [0.15, 0.2) is 84.8 Å². The summed E-state index contributed by atoms with van der Waals surface area (Å²) in [5, 5.41) is 9.35. The van der Waals surface area contributed by atoms with E-state index in [0.29, 0.717) is 23.7 Å². The highest BCUT2D eigenvalue weighted by Crippen LogP contribution is 2.46. The van der Waals surface area contributed by atoms with Crippen molar-refractivity contribution in [3.05, 3.63) is 102 Å². The highest BCUT2D eigenvalue weighted by molar-refractivity contribution is 7.18. The van der Waals surface area contributed by atoms with Crippen LogP contribution in [0.5, 0.6) is 5.75 Å². The van der Waals surface area contributed by atoms with Gasteiger partial charge in [0.05, 0.1) is 18.0 Å². The van der Waals surface area contributed by atoms with E-state index in [1.165, 1.54) is 29.3 Å². The number of pyridine rings is 1. The van der Waals surface area contributed by atoms with Crippen molar-refractivity contribution >= 4 is 33.0 Å². The molecule has 1 aliphatic heterocycles. The normalized spacial score (nSPS) is 12.6. The molecule has 6 nitrogen and oxygen atoms in total. The lowest BCUT2D eigenvalue weighted by Crippen LogP contribution is -2.23. The number of halogens is 1. The predicted molar refractivity (Wildman–Crippen MR) is 167 cm³/mol. The van der Waals surface area contributed by atoms with Gasteiger partial charge in [0.15, 0.2) is 0 Å². The molecule has 0 saturated heterocycles. The molecule has 0 fully saturated rings. The summed E-state index contributed by atoms with van der Waals surface area (Å²) in [5.41, 5.74) is 8.23. The van der Waals surface area contributed by atoms with E-state index in [0.717, 1.165) is 57.5 Å². The van der Waals surface area contributed by atoms with Crippen LogP contribution in [0, 0.1) is 5.82 Å². The number of anilines is 1. The second kappa shape index (κ2) is 12.2. The first-order valence-electron chi connectivity index (χ1n) is 13.8. The highest BCUT2D eigenvalue weighted by atomic mass is 32.1. The van der Waals surface area contributed by atoms with Crippen LogP contribution in [-0.4, -0.2) is 37.8 Å². The minimum Gasteiger partial charge on any atom is -0.490 e. The maximum atomic E-state index is 14.5. The van der Waals surface area contributed by atoms with Gasteiger partial charge >= 0.3 is 0 Å². The Labute approximate surface area is 247 Å². The number of carbonyl (C=O) groups excluding carboxylic acids is 1. The third-order valence-corrected chi connectivity index (χ3v) is 8.25. The number of amides is 1. The van der Waals surface area contributed by atoms with Gasteiger partial charge in [0.2, 0.25) is 5.91 Å². The summed E-state index contributed by atoms with van der Waals surface area (Å²) in [7, 11) is 1.60. The third kappa shape index (κ3) is 5.56. The highest BCUT2D eigenvalue weighted by Gasteiger charge is 2.23. The number of rotatable bonds is 9. The average molecular weight is 580 g/mol. The van der Waals surface area contributed by atoms with E-state index in [2.05, 4.69) is 46.9 Å². The Morgan fingerprint density at radius 2 is 1.95 bits per heavy atom. The Morgan fingerprint density at radius 1 is 1.07 bits per heavy atom. The minimum absolute atomic E-state index is 0.272. The van der Waals surface area contributed by atoms with Gasteiger partial charge in [-0.15, -0.1) is 11.3 Å². The molecule has 8 heteroatoms. The summed E-state index contributed by atoms with van der Waals surface area (Å²) in [6, 6.07) is 20.8. The minimum atomic E-state index is -0.391. The molecular weight excluding hydrogens is 549 g/mol. The van der Waals surface area contributed by atoms with Gasteiger partial charge in [-0.3, -0.25) is 4.79 Å². The zero-order valence-electron chi connectivity index (χ0n) is 23.2. The quantitative estimate of drug-likeness (QED) is 0.142. The zero-order valence-corrected chi connectivity index (χ0v) is 24.0. The summed E-state index contributed by atoms with van der Waals surface area (Å²) in [6.45, 7) is 6.01. The fourth-order valence-electron chi connectivity index (χ4n) is 5.32. The van der Waals surface area contributed by atoms with Gasteiger partial charge in [-0.05, 0) is 71.9 Å². The van der Waals surface area contributed by atoms with Crippen LogP contribution in [0.25, 0.3) is 43.7 Å². The number of hydrogen-bond donors (Lipinski definition) is 2. The second-order valence-corrected chi connectivity index (χ2v) is 10.9. The molecule has 1 aliphatic rings. The molecule has 0 saturated carbocycles. The van der Waals surface area contributed by atoms with E-state index in [9.17, 15) is 9.18 Å². The van der Waals surface area contributed by atoms with Gasteiger partial charge in [-0.2, -0.15) is 0 Å². The number of thiophene rings is 1. The van der Waals surface area contributed by atoms with Crippen LogP contribution in [0.1, 0.15) is 11.1 Å². The molecule has 0 unspecified atom stereocenters. The van der Waals surface area contributed by atoms with Crippen molar-refractivity contribution in [3.63, 3.8) is 0 Å². The van der Waals surface area contributed by atoms with Crippen molar-refractivity contribution in [1.29, 1.82) is 0 Å². The maximum Gasteiger partial charge on any atom is 0.247 e. The molecule has 6 rings (SSSR count). The average Bonchev–Trinajstić information content (AvgIpc) is 3.51. The van der Waals surface area contributed by atoms with Gasteiger partial charge in [-0.1, -0.05) is 30.8 Å². The maximum absolute atomic E-state index is 14.5.